The summed E-state index contributed by atoms with van der Waals surface area (Å²) in [4.78, 5) is 0. The highest BCUT2D eigenvalue weighted by Gasteiger charge is 2.27. The summed E-state index contributed by atoms with van der Waals surface area (Å²) in [5, 5.41) is 23.6. The van der Waals surface area contributed by atoms with E-state index in [1.807, 2.05) is 54.6 Å². The van der Waals surface area contributed by atoms with E-state index in [4.69, 9.17) is 9.95 Å². The highest BCUT2D eigenvalue weighted by molar-refractivity contribution is 7.87. The molecule has 5 heteroatoms. The second-order valence-electron chi connectivity index (χ2n) is 6.53. The summed E-state index contributed by atoms with van der Waals surface area (Å²) in [6, 6.07) is 37.7. The van der Waals surface area contributed by atoms with Crippen molar-refractivity contribution < 1.29 is 5.21 Å². The van der Waals surface area contributed by atoms with Crippen LogP contribution in [0.3, 0.4) is 0 Å². The second kappa shape index (κ2) is 8.46. The van der Waals surface area contributed by atoms with E-state index in [1.54, 1.807) is 24.3 Å². The van der Waals surface area contributed by atoms with Gasteiger partial charge in [-0.25, -0.2) is 0 Å². The van der Waals surface area contributed by atoms with Gasteiger partial charge in [-0.15, -0.1) is 0 Å². The predicted octanol–water partition coefficient (Wildman–Crippen LogP) is 5.19. The van der Waals surface area contributed by atoms with Crippen LogP contribution in [0.15, 0.2) is 120 Å². The molecule has 0 saturated heterocycles. The Bertz CT molecular complexity index is 1010. The molecular formula is C24H20N2O2P-. The maximum absolute atomic E-state index is 11.2. The molecule has 0 fully saturated rings. The Morgan fingerprint density at radius 1 is 0.586 bits per heavy atom. The van der Waals surface area contributed by atoms with Crippen molar-refractivity contribution >= 4 is 34.3 Å². The van der Waals surface area contributed by atoms with E-state index < -0.39 is 7.05 Å². The monoisotopic (exact) mass is 399 g/mol. The summed E-state index contributed by atoms with van der Waals surface area (Å²) in [6.07, 6.45) is 0. The topological polar surface area (TPSA) is 58.9 Å². The van der Waals surface area contributed by atoms with Gasteiger partial charge in [0.25, 0.3) is 0 Å². The fourth-order valence-electron chi connectivity index (χ4n) is 3.37. The van der Waals surface area contributed by atoms with Crippen LogP contribution in [0.25, 0.3) is 0 Å². The smallest absolute Gasteiger partial charge is 0.0626 e. The maximum Gasteiger partial charge on any atom is 0.0626 e. The van der Waals surface area contributed by atoms with Crippen molar-refractivity contribution in [3.63, 3.8) is 0 Å². The van der Waals surface area contributed by atoms with Crippen molar-refractivity contribution in [2.75, 3.05) is 5.23 Å². The Morgan fingerprint density at radius 2 is 0.966 bits per heavy atom. The van der Waals surface area contributed by atoms with Crippen LogP contribution in [-0.4, -0.2) is 5.21 Å². The molecule has 4 aromatic rings. The Morgan fingerprint density at radius 3 is 1.31 bits per heavy atom. The normalized spacial score (nSPS) is 11.1. The van der Waals surface area contributed by atoms with Crippen molar-refractivity contribution in [2.45, 2.75) is 0 Å². The minimum atomic E-state index is -2.34. The molecular weight excluding hydrogens is 379 g/mol. The molecule has 0 heterocycles. The molecule has 0 atom stereocenters. The third-order valence-corrected chi connectivity index (χ3v) is 8.39. The zero-order valence-electron chi connectivity index (χ0n) is 15.7. The molecule has 0 aliphatic heterocycles. The number of hydrogen-bond acceptors (Lipinski definition) is 4. The van der Waals surface area contributed by atoms with Crippen LogP contribution < -0.4 is 21.1 Å². The second-order valence-corrected chi connectivity index (χ2v) is 9.55. The first-order chi connectivity index (χ1) is 14.2. The highest BCUT2D eigenvalue weighted by Crippen LogP contribution is 2.49. The number of benzene rings is 4. The van der Waals surface area contributed by atoms with Crippen LogP contribution in [0.2, 0.25) is 0 Å². The molecule has 0 unspecified atom stereocenters. The van der Waals surface area contributed by atoms with E-state index in [0.29, 0.717) is 0 Å². The quantitative estimate of drug-likeness (QED) is 0.371. The zero-order valence-corrected chi connectivity index (χ0v) is 16.6. The molecule has 29 heavy (non-hydrogen) atoms. The van der Waals surface area contributed by atoms with Crippen LogP contribution in [0, 0.1) is 5.21 Å². The van der Waals surface area contributed by atoms with Gasteiger partial charge in [0.05, 0.1) is 18.4 Å². The van der Waals surface area contributed by atoms with Crippen molar-refractivity contribution in [1.29, 1.82) is 0 Å². The van der Waals surface area contributed by atoms with Crippen LogP contribution in [0.4, 0.5) is 11.4 Å². The fraction of sp³-hybridized carbons (Fsp3) is 0. The molecule has 0 bridgehead atoms. The van der Waals surface area contributed by atoms with Gasteiger partial charge in [-0.05, 0) is 24.3 Å². The number of nitrogens with zero attached hydrogens (tertiary/aromatic N) is 2. The van der Waals surface area contributed by atoms with Gasteiger partial charge >= 0.3 is 0 Å². The number of rotatable bonds is 5. The van der Waals surface area contributed by atoms with E-state index in [-0.39, 0.29) is 10.9 Å². The lowest BCUT2D eigenvalue weighted by Gasteiger charge is -2.27. The summed E-state index contributed by atoms with van der Waals surface area (Å²) in [7, 11) is -2.34. The Labute approximate surface area is 170 Å². The molecule has 4 rings (SSSR count). The molecule has 4 nitrogen and oxygen atoms in total. The fourth-order valence-corrected chi connectivity index (χ4v) is 6.90. The molecule has 0 saturated carbocycles. The molecule has 0 aliphatic carbocycles. The van der Waals surface area contributed by atoms with Gasteiger partial charge < -0.3 is 10.4 Å². The van der Waals surface area contributed by atoms with E-state index in [9.17, 15) is 5.21 Å². The lowest BCUT2D eigenvalue weighted by atomic mass is 10.3. The van der Waals surface area contributed by atoms with E-state index in [1.165, 1.54) is 0 Å². The van der Waals surface area contributed by atoms with Crippen molar-refractivity contribution in [1.82, 2.24) is 0 Å². The van der Waals surface area contributed by atoms with Crippen molar-refractivity contribution in [3.05, 3.63) is 120 Å². The zero-order chi connectivity index (χ0) is 20.1. The standard InChI is InChI=1S/C24H20N2O2P/c27-26(28)21-18-16-20(17-19-21)25-29(22-10-4-1-5-11-22,23-12-6-2-7-13-23)24-14-8-3-9-15-24/h1-19,27H/q-1. The summed E-state index contributed by atoms with van der Waals surface area (Å²) in [5.41, 5.74) is 0.924. The van der Waals surface area contributed by atoms with Gasteiger partial charge in [0.15, 0.2) is 0 Å². The summed E-state index contributed by atoms with van der Waals surface area (Å²) in [6.45, 7) is 0. The molecule has 144 valence electrons. The molecule has 0 radical (unpaired) electrons. The maximum atomic E-state index is 11.2. The van der Waals surface area contributed by atoms with E-state index >= 15 is 0 Å². The Hall–Kier alpha value is -3.17. The molecule has 1 N–H and O–H groups in total. The number of hydrogen-bond donors (Lipinski definition) is 1. The molecule has 4 aromatic carbocycles. The summed E-state index contributed by atoms with van der Waals surface area (Å²) in [5.74, 6) is 0. The lowest BCUT2D eigenvalue weighted by molar-refractivity contribution is 0.296. The SMILES string of the molecule is [O-]N(O)c1ccc(N=P(c2ccccc2)(c2ccccc2)c2ccccc2)cc1. The van der Waals surface area contributed by atoms with Gasteiger partial charge in [-0.1, -0.05) is 91.0 Å². The van der Waals surface area contributed by atoms with Gasteiger partial charge in [0.2, 0.25) is 0 Å². The first-order valence-electron chi connectivity index (χ1n) is 9.25. The summed E-state index contributed by atoms with van der Waals surface area (Å²) < 4.78 is 5.31. The first kappa shape index (κ1) is 19.2. The van der Waals surface area contributed by atoms with Gasteiger partial charge in [-0.3, -0.25) is 9.95 Å². The minimum Gasteiger partial charge on any atom is -0.733 e. The number of anilines is 1. The Kier molecular flexibility index (Phi) is 5.59. The minimum absolute atomic E-state index is 0.141. The largest absolute Gasteiger partial charge is 0.733 e. The first-order valence-corrected chi connectivity index (χ1v) is 11.0. The van der Waals surface area contributed by atoms with Crippen LogP contribution in [-0.2, 0) is 0 Å². The van der Waals surface area contributed by atoms with Gasteiger partial charge in [0.1, 0.15) is 0 Å². The molecule has 0 amide bonds. The van der Waals surface area contributed by atoms with Gasteiger partial charge in [-0.2, -0.15) is 0 Å². The summed E-state index contributed by atoms with van der Waals surface area (Å²) >= 11 is 0. The van der Waals surface area contributed by atoms with Crippen LogP contribution in [0.5, 0.6) is 0 Å². The third-order valence-electron chi connectivity index (χ3n) is 4.73. The Balaban J connectivity index is 2.05. The van der Waals surface area contributed by atoms with E-state index in [0.717, 1.165) is 21.6 Å². The van der Waals surface area contributed by atoms with Crippen molar-refractivity contribution in [2.24, 2.45) is 4.74 Å². The average Bonchev–Trinajstić information content (AvgIpc) is 2.79. The van der Waals surface area contributed by atoms with Crippen molar-refractivity contribution in [3.8, 4) is 0 Å². The molecule has 0 aromatic heterocycles. The van der Waals surface area contributed by atoms with Gasteiger partial charge in [0, 0.05) is 15.9 Å². The highest BCUT2D eigenvalue weighted by atomic mass is 31.2. The molecule has 0 spiro atoms. The van der Waals surface area contributed by atoms with Crippen LogP contribution >= 0.6 is 7.05 Å². The van der Waals surface area contributed by atoms with E-state index in [2.05, 4.69) is 36.4 Å². The third kappa shape index (κ3) is 3.87. The van der Waals surface area contributed by atoms with Crippen LogP contribution in [0.1, 0.15) is 0 Å². The molecule has 0 aliphatic rings. The lowest BCUT2D eigenvalue weighted by Crippen LogP contribution is -2.25. The predicted molar refractivity (Wildman–Crippen MR) is 121 cm³/mol. The average molecular weight is 399 g/mol.